The first-order valence-electron chi connectivity index (χ1n) is 7.90. The highest BCUT2D eigenvalue weighted by atomic mass is 16.5. The molecule has 0 saturated heterocycles. The Morgan fingerprint density at radius 1 is 1.20 bits per heavy atom. The molecule has 132 valence electrons. The van der Waals surface area contributed by atoms with Crippen molar-refractivity contribution in [2.24, 2.45) is 0 Å². The van der Waals surface area contributed by atoms with Crippen molar-refractivity contribution in [3.63, 3.8) is 0 Å². The van der Waals surface area contributed by atoms with Crippen LogP contribution in [-0.4, -0.2) is 30.6 Å². The molecule has 0 saturated carbocycles. The maximum absolute atomic E-state index is 12.1. The fourth-order valence-electron chi connectivity index (χ4n) is 2.03. The summed E-state index contributed by atoms with van der Waals surface area (Å²) in [6.07, 6.45) is 3.10. The molecule has 25 heavy (non-hydrogen) atoms. The number of anilines is 1. The topological polar surface area (TPSA) is 97.5 Å². The van der Waals surface area contributed by atoms with Gasteiger partial charge in [0.2, 0.25) is 5.43 Å². The lowest BCUT2D eigenvalue weighted by atomic mass is 10.2. The van der Waals surface area contributed by atoms with Crippen LogP contribution in [0.25, 0.3) is 0 Å². The van der Waals surface area contributed by atoms with Crippen LogP contribution < -0.4 is 15.5 Å². The van der Waals surface area contributed by atoms with Gasteiger partial charge in [-0.25, -0.2) is 4.79 Å². The number of H-pyrrole nitrogens is 1. The second kappa shape index (κ2) is 8.68. The summed E-state index contributed by atoms with van der Waals surface area (Å²) < 4.78 is 9.97. The number of unbranched alkanes of at least 4 members (excludes halogenated alkanes) is 1. The van der Waals surface area contributed by atoms with Crippen LogP contribution in [-0.2, 0) is 4.74 Å². The summed E-state index contributed by atoms with van der Waals surface area (Å²) in [5.41, 5.74) is 0.615. The van der Waals surface area contributed by atoms with E-state index in [0.29, 0.717) is 17.9 Å². The van der Waals surface area contributed by atoms with Crippen LogP contribution in [0.15, 0.2) is 41.3 Å². The number of pyridine rings is 1. The summed E-state index contributed by atoms with van der Waals surface area (Å²) in [4.78, 5) is 38.3. The molecular formula is C18H20N2O5. The van der Waals surface area contributed by atoms with Gasteiger partial charge in [-0.2, -0.15) is 0 Å². The fraction of sp³-hybridized carbons (Fsp3) is 0.278. The molecule has 0 spiro atoms. The summed E-state index contributed by atoms with van der Waals surface area (Å²) in [6.45, 7) is 2.40. The van der Waals surface area contributed by atoms with E-state index in [9.17, 15) is 14.4 Å². The smallest absolute Gasteiger partial charge is 0.338 e. The molecule has 1 amide bonds. The molecule has 7 heteroatoms. The standard InChI is InChI=1S/C18H20N2O5/c1-3-4-9-25-18(23)12-5-7-13(8-6-12)20-17(22)14-10-15(21)16(24-2)11-19-14/h5-8,10-11H,3-4,9H2,1-2H3,(H,19,21)(H,20,22). The van der Waals surface area contributed by atoms with Gasteiger partial charge in [0.15, 0.2) is 5.75 Å². The minimum absolute atomic E-state index is 0.105. The molecule has 1 heterocycles. The molecule has 0 unspecified atom stereocenters. The Morgan fingerprint density at radius 3 is 2.52 bits per heavy atom. The molecule has 0 atom stereocenters. The van der Waals surface area contributed by atoms with Gasteiger partial charge in [-0.05, 0) is 30.7 Å². The number of carbonyl (C=O) groups excluding carboxylic acids is 2. The van der Waals surface area contributed by atoms with Crippen molar-refractivity contribution in [3.8, 4) is 5.75 Å². The minimum Gasteiger partial charge on any atom is -0.491 e. The number of ether oxygens (including phenoxy) is 2. The van der Waals surface area contributed by atoms with E-state index in [4.69, 9.17) is 9.47 Å². The van der Waals surface area contributed by atoms with Crippen LogP contribution in [0.4, 0.5) is 5.69 Å². The average Bonchev–Trinajstić information content (AvgIpc) is 2.62. The first-order valence-corrected chi connectivity index (χ1v) is 7.90. The Balaban J connectivity index is 2.01. The fourth-order valence-corrected chi connectivity index (χ4v) is 2.03. The molecule has 0 aliphatic heterocycles. The van der Waals surface area contributed by atoms with Crippen molar-refractivity contribution in [3.05, 3.63) is 58.0 Å². The third kappa shape index (κ3) is 4.94. The number of carbonyl (C=O) groups is 2. The number of hydrogen-bond acceptors (Lipinski definition) is 5. The largest absolute Gasteiger partial charge is 0.491 e. The van der Waals surface area contributed by atoms with Crippen molar-refractivity contribution in [2.45, 2.75) is 19.8 Å². The van der Waals surface area contributed by atoms with E-state index in [1.54, 1.807) is 24.3 Å². The van der Waals surface area contributed by atoms with Gasteiger partial charge in [0.25, 0.3) is 5.91 Å². The Hall–Kier alpha value is -3.09. The highest BCUT2D eigenvalue weighted by Crippen LogP contribution is 2.12. The Morgan fingerprint density at radius 2 is 1.92 bits per heavy atom. The lowest BCUT2D eigenvalue weighted by molar-refractivity contribution is 0.0499. The number of methoxy groups -OCH3 is 1. The van der Waals surface area contributed by atoms with Crippen LogP contribution in [0.3, 0.4) is 0 Å². The lowest BCUT2D eigenvalue weighted by Gasteiger charge is -2.07. The zero-order chi connectivity index (χ0) is 18.2. The van der Waals surface area contributed by atoms with Crippen LogP contribution in [0.5, 0.6) is 5.75 Å². The first-order chi connectivity index (χ1) is 12.0. The van der Waals surface area contributed by atoms with E-state index >= 15 is 0 Å². The molecule has 0 bridgehead atoms. The maximum Gasteiger partial charge on any atom is 0.338 e. The van der Waals surface area contributed by atoms with Crippen LogP contribution >= 0.6 is 0 Å². The van der Waals surface area contributed by atoms with E-state index in [-0.39, 0.29) is 11.4 Å². The number of benzene rings is 1. The highest BCUT2D eigenvalue weighted by Gasteiger charge is 2.11. The van der Waals surface area contributed by atoms with Crippen molar-refractivity contribution < 1.29 is 19.1 Å². The summed E-state index contributed by atoms with van der Waals surface area (Å²) in [6, 6.07) is 7.49. The van der Waals surface area contributed by atoms with Crippen LogP contribution in [0.1, 0.15) is 40.6 Å². The molecule has 0 fully saturated rings. The molecule has 2 N–H and O–H groups in total. The van der Waals surface area contributed by atoms with Gasteiger partial charge in [-0.1, -0.05) is 13.3 Å². The lowest BCUT2D eigenvalue weighted by Crippen LogP contribution is -2.17. The van der Waals surface area contributed by atoms with Crippen molar-refractivity contribution in [1.82, 2.24) is 4.98 Å². The Labute approximate surface area is 145 Å². The average molecular weight is 344 g/mol. The predicted molar refractivity (Wildman–Crippen MR) is 93.2 cm³/mol. The highest BCUT2D eigenvalue weighted by molar-refractivity contribution is 6.03. The van der Waals surface area contributed by atoms with Gasteiger partial charge in [-0.3, -0.25) is 9.59 Å². The number of rotatable bonds is 7. The zero-order valence-electron chi connectivity index (χ0n) is 14.1. The van der Waals surface area contributed by atoms with Crippen molar-refractivity contribution in [2.75, 3.05) is 19.0 Å². The molecule has 1 aromatic carbocycles. The molecule has 1 aromatic heterocycles. The number of hydrogen-bond donors (Lipinski definition) is 2. The third-order valence-electron chi connectivity index (χ3n) is 3.45. The van der Waals surface area contributed by atoms with E-state index in [1.807, 2.05) is 6.92 Å². The zero-order valence-corrected chi connectivity index (χ0v) is 14.1. The molecule has 7 nitrogen and oxygen atoms in total. The van der Waals surface area contributed by atoms with Crippen LogP contribution in [0.2, 0.25) is 0 Å². The Bertz CT molecular complexity index is 796. The molecule has 0 radical (unpaired) electrons. The molecule has 0 aliphatic rings. The summed E-state index contributed by atoms with van der Waals surface area (Å²) in [5.74, 6) is -0.744. The van der Waals surface area contributed by atoms with E-state index in [0.717, 1.165) is 18.9 Å². The number of nitrogens with one attached hydrogen (secondary N) is 2. The second-order valence-corrected chi connectivity index (χ2v) is 5.30. The number of aromatic amines is 1. The molecule has 0 aliphatic carbocycles. The van der Waals surface area contributed by atoms with Gasteiger partial charge < -0.3 is 19.8 Å². The molecule has 2 rings (SSSR count). The quantitative estimate of drug-likeness (QED) is 0.594. The van der Waals surface area contributed by atoms with Gasteiger partial charge >= 0.3 is 5.97 Å². The Kier molecular flexibility index (Phi) is 6.33. The monoisotopic (exact) mass is 344 g/mol. The number of aromatic nitrogens is 1. The van der Waals surface area contributed by atoms with Crippen LogP contribution in [0, 0.1) is 0 Å². The predicted octanol–water partition coefficient (Wildman–Crippen LogP) is 2.59. The summed E-state index contributed by atoms with van der Waals surface area (Å²) >= 11 is 0. The van der Waals surface area contributed by atoms with Crippen molar-refractivity contribution >= 4 is 17.6 Å². The van der Waals surface area contributed by atoms with Crippen molar-refractivity contribution in [1.29, 1.82) is 0 Å². The second-order valence-electron chi connectivity index (χ2n) is 5.30. The SMILES string of the molecule is CCCCOC(=O)c1ccc(NC(=O)c2cc(=O)c(OC)c[nH]2)cc1. The molecule has 2 aromatic rings. The third-order valence-corrected chi connectivity index (χ3v) is 3.45. The number of amides is 1. The van der Waals surface area contributed by atoms with Gasteiger partial charge in [0, 0.05) is 18.0 Å². The van der Waals surface area contributed by atoms with E-state index < -0.39 is 17.3 Å². The van der Waals surface area contributed by atoms with Gasteiger partial charge in [0.1, 0.15) is 5.69 Å². The first kappa shape index (κ1) is 18.3. The summed E-state index contributed by atoms with van der Waals surface area (Å²) in [5, 5.41) is 2.64. The maximum atomic E-state index is 12.1. The summed E-state index contributed by atoms with van der Waals surface area (Å²) in [7, 11) is 1.37. The van der Waals surface area contributed by atoms with E-state index in [2.05, 4.69) is 10.3 Å². The molecular weight excluding hydrogens is 324 g/mol. The van der Waals surface area contributed by atoms with Gasteiger partial charge in [-0.15, -0.1) is 0 Å². The van der Waals surface area contributed by atoms with E-state index in [1.165, 1.54) is 13.3 Å². The normalized spacial score (nSPS) is 10.2. The minimum atomic E-state index is -0.474. The van der Waals surface area contributed by atoms with Gasteiger partial charge in [0.05, 0.1) is 19.3 Å². The number of esters is 1.